The average Bonchev–Trinajstić information content (AvgIpc) is 2.77. The van der Waals surface area contributed by atoms with Gasteiger partial charge in [0.2, 0.25) is 0 Å². The van der Waals surface area contributed by atoms with E-state index >= 15 is 0 Å². The molecule has 0 bridgehead atoms. The molecule has 2 aliphatic rings. The number of carbonyl (C=O) groups excluding carboxylic acids is 1. The van der Waals surface area contributed by atoms with Crippen molar-refractivity contribution >= 4 is 45.2 Å². The van der Waals surface area contributed by atoms with E-state index in [1.807, 2.05) is 13.8 Å². The van der Waals surface area contributed by atoms with Crippen LogP contribution < -0.4 is 15.2 Å². The van der Waals surface area contributed by atoms with Gasteiger partial charge in [-0.25, -0.2) is 0 Å². The molecule has 188 valence electrons. The lowest BCUT2D eigenvalue weighted by Gasteiger charge is -2.64. The van der Waals surface area contributed by atoms with E-state index < -0.39 is 11.5 Å². The van der Waals surface area contributed by atoms with Crippen LogP contribution in [0.4, 0.5) is 0 Å². The molecule has 1 aromatic carbocycles. The molecule has 35 heavy (non-hydrogen) atoms. The van der Waals surface area contributed by atoms with Gasteiger partial charge in [-0.05, 0) is 53.3 Å². The number of esters is 1. The van der Waals surface area contributed by atoms with Gasteiger partial charge in [-0.2, -0.15) is 0 Å². The molecule has 3 rings (SSSR count). The Labute approximate surface area is 216 Å². The van der Waals surface area contributed by atoms with Crippen molar-refractivity contribution in [2.45, 2.75) is 68.7 Å². The Balaban J connectivity index is 2.15. The minimum atomic E-state index is -0.622. The van der Waals surface area contributed by atoms with Gasteiger partial charge < -0.3 is 24.8 Å². The van der Waals surface area contributed by atoms with Gasteiger partial charge in [0, 0.05) is 18.5 Å². The van der Waals surface area contributed by atoms with E-state index in [1.54, 1.807) is 14.2 Å². The number of hydrogen-bond donors (Lipinski definition) is 1. The number of methoxy groups -OCH3 is 2. The first-order chi connectivity index (χ1) is 16.1. The molecule has 4 atom stereocenters. The number of benzene rings is 1. The molecule has 0 aromatic heterocycles. The number of ether oxygens (including phenoxy) is 3. The van der Waals surface area contributed by atoms with E-state index in [-0.39, 0.29) is 34.4 Å². The number of nitrogens with two attached hydrogens (primary N) is 1. The molecule has 2 heterocycles. The molecule has 11 heteroatoms. The lowest BCUT2D eigenvalue weighted by molar-refractivity contribution is -0.168. The third kappa shape index (κ3) is 4.80. The molecule has 2 aliphatic heterocycles. The quantitative estimate of drug-likeness (QED) is 0.374. The van der Waals surface area contributed by atoms with Gasteiger partial charge >= 0.3 is 5.97 Å². The van der Waals surface area contributed by atoms with Crippen molar-refractivity contribution in [2.75, 3.05) is 20.8 Å². The maximum Gasteiger partial charge on any atom is 0.322 e. The third-order valence-electron chi connectivity index (χ3n) is 9.17. The molecule has 0 spiro atoms. The van der Waals surface area contributed by atoms with E-state index in [1.165, 1.54) is 11.1 Å². The van der Waals surface area contributed by atoms with Crippen molar-refractivity contribution < 1.29 is 19.0 Å². The van der Waals surface area contributed by atoms with Crippen molar-refractivity contribution in [3.05, 3.63) is 23.3 Å². The predicted octanol–water partition coefficient (Wildman–Crippen LogP) is -1.68. The largest absolute Gasteiger partial charge is 0.493 e. The van der Waals surface area contributed by atoms with E-state index in [9.17, 15) is 4.79 Å². The number of hydrogen-bond acceptors (Lipinski definition) is 6. The van der Waals surface area contributed by atoms with E-state index in [0.717, 1.165) is 24.5 Å². The fourth-order valence-corrected chi connectivity index (χ4v) is 6.10. The van der Waals surface area contributed by atoms with Crippen LogP contribution in [-0.4, -0.2) is 87.7 Å². The number of nitrogens with zero attached hydrogens (tertiary/aromatic N) is 1. The molecule has 0 saturated carbocycles. The SMILES string of the molecule is BC1(OC(=O)[C@@H](N)C(C)C)CC2c3cc(OC)c(OC)cc3C(B)(B)C(B)(B)N2CC1CC(C)C. The molecule has 1 saturated heterocycles. The molecule has 6 nitrogen and oxygen atoms in total. The van der Waals surface area contributed by atoms with Crippen LogP contribution in [0, 0.1) is 17.8 Å². The minimum absolute atomic E-state index is 0.0293. The van der Waals surface area contributed by atoms with Crippen molar-refractivity contribution in [3.63, 3.8) is 0 Å². The zero-order valence-corrected chi connectivity index (χ0v) is 23.8. The highest BCUT2D eigenvalue weighted by atomic mass is 16.6. The molecular weight excluding hydrogens is 434 g/mol. The Kier molecular flexibility index (Phi) is 7.85. The Morgan fingerprint density at radius 1 is 1.09 bits per heavy atom. The fraction of sp³-hybridized carbons (Fsp3) is 0.708. The van der Waals surface area contributed by atoms with Gasteiger partial charge in [0.05, 0.1) is 19.7 Å². The summed E-state index contributed by atoms with van der Waals surface area (Å²) < 4.78 is 17.7. The molecule has 3 unspecified atom stereocenters. The summed E-state index contributed by atoms with van der Waals surface area (Å²) >= 11 is 0. The van der Waals surface area contributed by atoms with Crippen LogP contribution in [0.25, 0.3) is 0 Å². The molecular formula is C24H43B5N2O4. The molecule has 0 aliphatic carbocycles. The maximum atomic E-state index is 13.1. The highest BCUT2D eigenvalue weighted by Crippen LogP contribution is 2.54. The highest BCUT2D eigenvalue weighted by Gasteiger charge is 2.57. The predicted molar refractivity (Wildman–Crippen MR) is 155 cm³/mol. The van der Waals surface area contributed by atoms with Crippen molar-refractivity contribution in [2.24, 2.45) is 23.5 Å². The smallest absolute Gasteiger partial charge is 0.322 e. The first-order valence-corrected chi connectivity index (χ1v) is 13.1. The molecule has 1 fully saturated rings. The van der Waals surface area contributed by atoms with Crippen LogP contribution in [0.5, 0.6) is 11.5 Å². The van der Waals surface area contributed by atoms with Crippen molar-refractivity contribution in [3.8, 4) is 11.5 Å². The fourth-order valence-electron chi connectivity index (χ4n) is 6.10. The highest BCUT2D eigenvalue weighted by molar-refractivity contribution is 6.54. The normalized spacial score (nSPS) is 28.1. The summed E-state index contributed by atoms with van der Waals surface area (Å²) in [6.07, 6.45) is 1.70. The summed E-state index contributed by atoms with van der Waals surface area (Å²) in [7, 11) is 14.8. The van der Waals surface area contributed by atoms with Gasteiger partial charge in [-0.1, -0.05) is 32.9 Å². The molecule has 0 radical (unpaired) electrons. The van der Waals surface area contributed by atoms with Crippen LogP contribution in [0.15, 0.2) is 12.1 Å². The summed E-state index contributed by atoms with van der Waals surface area (Å²) in [5.41, 5.74) is 8.10. The summed E-state index contributed by atoms with van der Waals surface area (Å²) in [5.74, 6) is 1.90. The summed E-state index contributed by atoms with van der Waals surface area (Å²) in [6.45, 7) is 9.26. The third-order valence-corrected chi connectivity index (χ3v) is 9.17. The van der Waals surface area contributed by atoms with E-state index in [4.69, 9.17) is 19.9 Å². The van der Waals surface area contributed by atoms with Gasteiger partial charge in [0.25, 0.3) is 0 Å². The zero-order chi connectivity index (χ0) is 26.5. The van der Waals surface area contributed by atoms with E-state index in [2.05, 4.69) is 70.1 Å². The summed E-state index contributed by atoms with van der Waals surface area (Å²) in [5, 5.41) is -0.260. The number of piperidine rings is 1. The second-order valence-electron chi connectivity index (χ2n) is 12.7. The molecule has 2 N–H and O–H groups in total. The Morgan fingerprint density at radius 2 is 1.66 bits per heavy atom. The van der Waals surface area contributed by atoms with Gasteiger partial charge in [-0.3, -0.25) is 4.79 Å². The van der Waals surface area contributed by atoms with Crippen LogP contribution >= 0.6 is 0 Å². The van der Waals surface area contributed by atoms with Crippen LogP contribution in [-0.2, 0) is 14.7 Å². The van der Waals surface area contributed by atoms with Gasteiger partial charge in [-0.15, -0.1) is 0 Å². The molecule has 1 aromatic rings. The van der Waals surface area contributed by atoms with Crippen LogP contribution in [0.1, 0.15) is 57.7 Å². The Bertz CT molecular complexity index is 958. The lowest BCUT2D eigenvalue weighted by Crippen LogP contribution is -2.72. The van der Waals surface area contributed by atoms with Crippen LogP contribution in [0.2, 0.25) is 0 Å². The average molecular weight is 478 g/mol. The summed E-state index contributed by atoms with van der Waals surface area (Å²) in [6, 6.07) is 3.74. The van der Waals surface area contributed by atoms with Crippen LogP contribution in [0.3, 0.4) is 0 Å². The first-order valence-electron chi connectivity index (χ1n) is 13.1. The zero-order valence-electron chi connectivity index (χ0n) is 23.8. The van der Waals surface area contributed by atoms with Crippen molar-refractivity contribution in [1.29, 1.82) is 0 Å². The molecule has 0 amide bonds. The second-order valence-corrected chi connectivity index (χ2v) is 12.7. The number of rotatable bonds is 7. The lowest BCUT2D eigenvalue weighted by atomic mass is 9.29. The van der Waals surface area contributed by atoms with Gasteiger partial charge in [0.15, 0.2) is 19.3 Å². The second kappa shape index (κ2) is 9.77. The Morgan fingerprint density at radius 3 is 2.17 bits per heavy atom. The standard InChI is InChI=1S/C24H43B5N2O4/c1-12(2)7-14-11-31-17(10-22(14,25)35-21(32)20(30)13(3)4)15-8-18(33-5)19(34-6)9-16(15)23(26,27)24(31,28)29/h8-9,12-14,17,20H,7,10-11,25-30H2,1-6H3/t14?,17?,20-,22?/m0/s1. The topological polar surface area (TPSA) is 74.0 Å². The first kappa shape index (κ1) is 28.1. The monoisotopic (exact) mass is 478 g/mol. The maximum absolute atomic E-state index is 13.1. The minimum Gasteiger partial charge on any atom is -0.493 e. The number of carbonyl (C=O) groups is 1. The van der Waals surface area contributed by atoms with E-state index in [0.29, 0.717) is 12.3 Å². The Hall–Kier alpha value is -1.47. The summed E-state index contributed by atoms with van der Waals surface area (Å²) in [4.78, 5) is 15.8. The number of fused-ring (bicyclic) bond motifs is 3. The van der Waals surface area contributed by atoms with Crippen molar-refractivity contribution in [1.82, 2.24) is 4.90 Å². The van der Waals surface area contributed by atoms with Gasteiger partial charge in [0.1, 0.15) is 37.4 Å².